The summed E-state index contributed by atoms with van der Waals surface area (Å²) in [5, 5.41) is 12.9. The highest BCUT2D eigenvalue weighted by Gasteiger charge is 2.29. The molecule has 0 saturated heterocycles. The monoisotopic (exact) mass is 416 g/mol. The van der Waals surface area contributed by atoms with Crippen LogP contribution in [0.25, 0.3) is 11.4 Å². The van der Waals surface area contributed by atoms with Crippen LogP contribution in [-0.4, -0.2) is 39.6 Å². The maximum atomic E-state index is 12.3. The van der Waals surface area contributed by atoms with Crippen LogP contribution < -0.4 is 10.1 Å². The van der Waals surface area contributed by atoms with E-state index in [1.807, 2.05) is 31.2 Å². The lowest BCUT2D eigenvalue weighted by atomic mass is 9.85. The molecule has 6 nitrogen and oxygen atoms in total. The van der Waals surface area contributed by atoms with Gasteiger partial charge in [-0.25, -0.2) is 0 Å². The van der Waals surface area contributed by atoms with Gasteiger partial charge in [-0.3, -0.25) is 9.36 Å². The van der Waals surface area contributed by atoms with Crippen molar-refractivity contribution in [3.8, 4) is 17.1 Å². The molecular formula is C22H32N4O2S. The van der Waals surface area contributed by atoms with Crippen molar-refractivity contribution >= 4 is 17.7 Å². The fourth-order valence-corrected chi connectivity index (χ4v) is 4.64. The minimum Gasteiger partial charge on any atom is -0.497 e. The Bertz CT molecular complexity index is 806. The van der Waals surface area contributed by atoms with Crippen molar-refractivity contribution in [1.82, 2.24) is 20.1 Å². The third kappa shape index (κ3) is 5.32. The SMILES string of the molecule is CC[C@H](C)NC(=O)CSc1nnc(-c2ccc(OC)cc2)n1[C@H]1CCCC[C@H]1C. The van der Waals surface area contributed by atoms with Gasteiger partial charge < -0.3 is 10.1 Å². The maximum Gasteiger partial charge on any atom is 0.230 e. The van der Waals surface area contributed by atoms with Crippen LogP contribution in [0.3, 0.4) is 0 Å². The van der Waals surface area contributed by atoms with Gasteiger partial charge in [0.2, 0.25) is 5.91 Å². The maximum absolute atomic E-state index is 12.3. The number of nitrogens with one attached hydrogen (secondary N) is 1. The molecule has 29 heavy (non-hydrogen) atoms. The third-order valence-corrected chi connectivity index (χ3v) is 6.71. The largest absolute Gasteiger partial charge is 0.497 e. The lowest BCUT2D eigenvalue weighted by molar-refractivity contribution is -0.119. The number of methoxy groups -OCH3 is 1. The van der Waals surface area contributed by atoms with Crippen molar-refractivity contribution in [1.29, 1.82) is 0 Å². The first-order chi connectivity index (χ1) is 14.0. The zero-order valence-corrected chi connectivity index (χ0v) is 18.7. The van der Waals surface area contributed by atoms with Gasteiger partial charge in [-0.15, -0.1) is 10.2 Å². The van der Waals surface area contributed by atoms with Gasteiger partial charge in [-0.1, -0.05) is 38.5 Å². The van der Waals surface area contributed by atoms with E-state index in [1.54, 1.807) is 7.11 Å². The Morgan fingerprint density at radius 3 is 2.66 bits per heavy atom. The number of carbonyl (C=O) groups is 1. The molecular weight excluding hydrogens is 384 g/mol. The zero-order valence-electron chi connectivity index (χ0n) is 17.9. The highest BCUT2D eigenvalue weighted by molar-refractivity contribution is 7.99. The van der Waals surface area contributed by atoms with Crippen molar-refractivity contribution < 1.29 is 9.53 Å². The average Bonchev–Trinajstić information content (AvgIpc) is 3.16. The summed E-state index contributed by atoms with van der Waals surface area (Å²) >= 11 is 1.48. The van der Waals surface area contributed by atoms with Crippen molar-refractivity contribution in [3.63, 3.8) is 0 Å². The van der Waals surface area contributed by atoms with E-state index in [4.69, 9.17) is 4.74 Å². The second-order valence-electron chi connectivity index (χ2n) is 7.90. The van der Waals surface area contributed by atoms with E-state index in [9.17, 15) is 4.79 Å². The second kappa shape index (κ2) is 10.1. The smallest absolute Gasteiger partial charge is 0.230 e. The summed E-state index contributed by atoms with van der Waals surface area (Å²) in [6.07, 6.45) is 5.75. The third-order valence-electron chi connectivity index (χ3n) is 5.76. The molecule has 1 fully saturated rings. The van der Waals surface area contributed by atoms with E-state index in [2.05, 4.69) is 33.9 Å². The molecule has 1 heterocycles. The predicted molar refractivity (Wildman–Crippen MR) is 117 cm³/mol. The first kappa shape index (κ1) is 21.7. The fraction of sp³-hybridized carbons (Fsp3) is 0.591. The first-order valence-electron chi connectivity index (χ1n) is 10.5. The highest BCUT2D eigenvalue weighted by Crippen LogP contribution is 2.39. The van der Waals surface area contributed by atoms with Crippen LogP contribution >= 0.6 is 11.8 Å². The van der Waals surface area contributed by atoms with Crippen LogP contribution in [0.4, 0.5) is 0 Å². The molecule has 1 amide bonds. The van der Waals surface area contributed by atoms with Crippen LogP contribution in [0.5, 0.6) is 5.75 Å². The molecule has 0 unspecified atom stereocenters. The van der Waals surface area contributed by atoms with Crippen molar-refractivity contribution in [2.24, 2.45) is 5.92 Å². The molecule has 1 saturated carbocycles. The molecule has 0 radical (unpaired) electrons. The van der Waals surface area contributed by atoms with Crippen LogP contribution in [0.15, 0.2) is 29.4 Å². The second-order valence-corrected chi connectivity index (χ2v) is 8.84. The number of rotatable bonds is 8. The summed E-state index contributed by atoms with van der Waals surface area (Å²) in [6, 6.07) is 8.49. The lowest BCUT2D eigenvalue weighted by Crippen LogP contribution is -2.33. The molecule has 1 N–H and O–H groups in total. The topological polar surface area (TPSA) is 69.0 Å². The Kier molecular flexibility index (Phi) is 7.58. The number of aromatic nitrogens is 3. The number of nitrogens with zero attached hydrogens (tertiary/aromatic N) is 3. The number of hydrogen-bond donors (Lipinski definition) is 1. The molecule has 0 aliphatic heterocycles. The van der Waals surface area contributed by atoms with Gasteiger partial charge in [-0.2, -0.15) is 0 Å². The summed E-state index contributed by atoms with van der Waals surface area (Å²) in [4.78, 5) is 12.3. The minimum atomic E-state index is 0.0431. The number of ether oxygens (including phenoxy) is 1. The summed E-state index contributed by atoms with van der Waals surface area (Å²) in [6.45, 7) is 6.41. The van der Waals surface area contributed by atoms with Crippen LogP contribution in [0.2, 0.25) is 0 Å². The average molecular weight is 417 g/mol. The van der Waals surface area contributed by atoms with Gasteiger partial charge >= 0.3 is 0 Å². The summed E-state index contributed by atoms with van der Waals surface area (Å²) in [5.74, 6) is 2.65. The van der Waals surface area contributed by atoms with E-state index in [1.165, 1.54) is 31.0 Å². The Morgan fingerprint density at radius 1 is 1.28 bits per heavy atom. The van der Waals surface area contributed by atoms with E-state index in [-0.39, 0.29) is 11.9 Å². The molecule has 1 aliphatic rings. The molecule has 3 atom stereocenters. The van der Waals surface area contributed by atoms with Gasteiger partial charge in [0.1, 0.15) is 5.75 Å². The molecule has 3 rings (SSSR count). The number of amides is 1. The minimum absolute atomic E-state index is 0.0431. The highest BCUT2D eigenvalue weighted by atomic mass is 32.2. The van der Waals surface area contributed by atoms with Gasteiger partial charge in [0, 0.05) is 17.6 Å². The van der Waals surface area contributed by atoms with E-state index < -0.39 is 0 Å². The molecule has 1 aliphatic carbocycles. The molecule has 1 aromatic heterocycles. The molecule has 0 spiro atoms. The molecule has 7 heteroatoms. The Hall–Kier alpha value is -2.02. The Balaban J connectivity index is 1.87. The van der Waals surface area contributed by atoms with Crippen molar-refractivity contribution in [2.75, 3.05) is 12.9 Å². The Labute approximate surface area is 177 Å². The number of hydrogen-bond acceptors (Lipinski definition) is 5. The van der Waals surface area contributed by atoms with Gasteiger partial charge in [0.15, 0.2) is 11.0 Å². The Morgan fingerprint density at radius 2 is 2.00 bits per heavy atom. The number of benzene rings is 1. The van der Waals surface area contributed by atoms with Crippen molar-refractivity contribution in [3.05, 3.63) is 24.3 Å². The summed E-state index contributed by atoms with van der Waals surface area (Å²) < 4.78 is 7.56. The van der Waals surface area contributed by atoms with Gasteiger partial charge in [-0.05, 0) is 56.4 Å². The van der Waals surface area contributed by atoms with Crippen molar-refractivity contribution in [2.45, 2.75) is 70.1 Å². The number of carbonyl (C=O) groups excluding carboxylic acids is 1. The van der Waals surface area contributed by atoms with Crippen LogP contribution in [0.1, 0.15) is 58.9 Å². The predicted octanol–water partition coefficient (Wildman–Crippen LogP) is 4.71. The van der Waals surface area contributed by atoms with Gasteiger partial charge in [0.05, 0.1) is 12.9 Å². The van der Waals surface area contributed by atoms with Crippen LogP contribution in [0, 0.1) is 5.92 Å². The summed E-state index contributed by atoms with van der Waals surface area (Å²) in [7, 11) is 1.67. The lowest BCUT2D eigenvalue weighted by Gasteiger charge is -2.31. The normalized spacial score (nSPS) is 20.3. The quantitative estimate of drug-likeness (QED) is 0.631. The fourth-order valence-electron chi connectivity index (χ4n) is 3.84. The standard InChI is InChI=1S/C22H32N4O2S/c1-5-16(3)23-20(27)14-29-22-25-24-21(17-10-12-18(28-4)13-11-17)26(22)19-9-7-6-8-15(19)2/h10-13,15-16,19H,5-9,14H2,1-4H3,(H,23,27)/t15-,16+,19+/m1/s1. The summed E-state index contributed by atoms with van der Waals surface area (Å²) in [5.41, 5.74) is 1.02. The first-order valence-corrected chi connectivity index (χ1v) is 11.5. The van der Waals surface area contributed by atoms with E-state index in [0.29, 0.717) is 17.7 Å². The molecule has 2 aromatic rings. The molecule has 1 aromatic carbocycles. The molecule has 0 bridgehead atoms. The van der Waals surface area contributed by atoms with Crippen LogP contribution in [-0.2, 0) is 4.79 Å². The number of thioether (sulfide) groups is 1. The zero-order chi connectivity index (χ0) is 20.8. The molecule has 158 valence electrons. The van der Waals surface area contributed by atoms with Gasteiger partial charge in [0.25, 0.3) is 0 Å². The van der Waals surface area contributed by atoms with E-state index >= 15 is 0 Å². The van der Waals surface area contributed by atoms with E-state index in [0.717, 1.165) is 35.1 Å².